The minimum absolute atomic E-state index is 0.0676. The van der Waals surface area contributed by atoms with Gasteiger partial charge in [-0.1, -0.05) is 61.3 Å². The molecule has 0 fully saturated rings. The fourth-order valence-corrected chi connectivity index (χ4v) is 3.49. The molecular weight excluding hydrogens is 367 g/mol. The van der Waals surface area contributed by atoms with Crippen molar-refractivity contribution < 1.29 is 9.47 Å². The normalized spacial score (nSPS) is 13.8. The molecule has 2 atom stereocenters. The van der Waals surface area contributed by atoms with Crippen LogP contribution < -0.4 is 9.47 Å². The van der Waals surface area contributed by atoms with Crippen molar-refractivity contribution in [2.45, 2.75) is 52.7 Å². The fraction of sp³-hybridized carbons (Fsp3) is 0.364. The zero-order chi connectivity index (χ0) is 18.8. The third-order valence-electron chi connectivity index (χ3n) is 4.76. The molecule has 0 aromatic heterocycles. The van der Waals surface area contributed by atoms with E-state index in [1.54, 1.807) is 0 Å². The first-order valence-electron chi connectivity index (χ1n) is 9.13. The van der Waals surface area contributed by atoms with Gasteiger partial charge in [-0.25, -0.2) is 0 Å². The van der Waals surface area contributed by atoms with E-state index in [2.05, 4.69) is 27.7 Å². The lowest BCUT2D eigenvalue weighted by Crippen LogP contribution is -2.13. The number of hydrogen-bond acceptors (Lipinski definition) is 2. The molecule has 0 bridgehead atoms. The van der Waals surface area contributed by atoms with Crippen LogP contribution in [0.4, 0.5) is 0 Å². The summed E-state index contributed by atoms with van der Waals surface area (Å²) in [7, 11) is 0. The van der Waals surface area contributed by atoms with Gasteiger partial charge in [-0.15, -0.1) is 0 Å². The first-order chi connectivity index (χ1) is 12.5. The second-order valence-corrected chi connectivity index (χ2v) is 7.47. The Morgan fingerprint density at radius 1 is 0.731 bits per heavy atom. The number of benzene rings is 3. The van der Waals surface area contributed by atoms with Crippen molar-refractivity contribution in [3.05, 3.63) is 46.4 Å². The molecule has 0 amide bonds. The maximum atomic E-state index is 6.60. The summed E-state index contributed by atoms with van der Waals surface area (Å²) in [6.45, 7) is 8.32. The maximum Gasteiger partial charge on any atom is 0.137 e. The minimum atomic E-state index is 0.0676. The Morgan fingerprint density at radius 2 is 1.12 bits per heavy atom. The topological polar surface area (TPSA) is 18.5 Å². The quantitative estimate of drug-likeness (QED) is 0.402. The Morgan fingerprint density at radius 3 is 1.46 bits per heavy atom. The lowest BCUT2D eigenvalue weighted by Gasteiger charge is -2.23. The molecule has 0 saturated carbocycles. The summed E-state index contributed by atoms with van der Waals surface area (Å²) in [5.41, 5.74) is 0. The van der Waals surface area contributed by atoms with Gasteiger partial charge >= 0.3 is 0 Å². The van der Waals surface area contributed by atoms with Crippen molar-refractivity contribution >= 4 is 44.7 Å². The lowest BCUT2D eigenvalue weighted by atomic mass is 10.00. The van der Waals surface area contributed by atoms with E-state index in [-0.39, 0.29) is 12.2 Å². The Kier molecular flexibility index (Phi) is 5.84. The van der Waals surface area contributed by atoms with Crippen LogP contribution in [0.3, 0.4) is 0 Å². The van der Waals surface area contributed by atoms with Crippen LogP contribution >= 0.6 is 23.2 Å². The number of hydrogen-bond donors (Lipinski definition) is 0. The van der Waals surface area contributed by atoms with E-state index < -0.39 is 0 Å². The Bertz CT molecular complexity index is 859. The Balaban J connectivity index is 2.45. The van der Waals surface area contributed by atoms with E-state index in [1.807, 2.05) is 36.4 Å². The van der Waals surface area contributed by atoms with Gasteiger partial charge in [0.15, 0.2) is 0 Å². The van der Waals surface area contributed by atoms with E-state index in [0.29, 0.717) is 10.0 Å². The molecule has 3 rings (SSSR count). The standard InChI is InChI=1S/C22H24Cl2O2/c1-5-13(3)25-21-15-9-7-12-18(24)20(15)22(26-14(4)6-2)16-10-8-11-17(23)19(16)21/h7-14H,5-6H2,1-4H3. The van der Waals surface area contributed by atoms with Gasteiger partial charge in [0.05, 0.1) is 22.3 Å². The van der Waals surface area contributed by atoms with Crippen LogP contribution in [0.5, 0.6) is 11.5 Å². The van der Waals surface area contributed by atoms with E-state index in [0.717, 1.165) is 45.9 Å². The van der Waals surface area contributed by atoms with Crippen LogP contribution in [-0.4, -0.2) is 12.2 Å². The van der Waals surface area contributed by atoms with Crippen LogP contribution in [0.2, 0.25) is 10.0 Å². The van der Waals surface area contributed by atoms with Gasteiger partial charge in [-0.3, -0.25) is 0 Å². The molecule has 4 heteroatoms. The summed E-state index contributed by atoms with van der Waals surface area (Å²) in [5, 5.41) is 4.91. The summed E-state index contributed by atoms with van der Waals surface area (Å²) in [5.74, 6) is 1.54. The summed E-state index contributed by atoms with van der Waals surface area (Å²) in [4.78, 5) is 0. The number of rotatable bonds is 6. The predicted octanol–water partition coefficient (Wildman–Crippen LogP) is 7.65. The third kappa shape index (κ3) is 3.45. The minimum Gasteiger partial charge on any atom is -0.489 e. The molecule has 0 radical (unpaired) electrons. The van der Waals surface area contributed by atoms with Gasteiger partial charge in [0.25, 0.3) is 0 Å². The van der Waals surface area contributed by atoms with Crippen molar-refractivity contribution in [2.24, 2.45) is 0 Å². The summed E-state index contributed by atoms with van der Waals surface area (Å²) >= 11 is 13.2. The van der Waals surface area contributed by atoms with Crippen molar-refractivity contribution in [2.75, 3.05) is 0 Å². The molecule has 0 aliphatic carbocycles. The van der Waals surface area contributed by atoms with Gasteiger partial charge in [0, 0.05) is 21.5 Å². The first-order valence-corrected chi connectivity index (χ1v) is 9.89. The predicted molar refractivity (Wildman–Crippen MR) is 112 cm³/mol. The number of ether oxygens (including phenoxy) is 2. The summed E-state index contributed by atoms with van der Waals surface area (Å²) in [6, 6.07) is 11.7. The van der Waals surface area contributed by atoms with Crippen LogP contribution in [0, 0.1) is 0 Å². The highest BCUT2D eigenvalue weighted by molar-refractivity contribution is 6.40. The second-order valence-electron chi connectivity index (χ2n) is 6.66. The van der Waals surface area contributed by atoms with Gasteiger partial charge < -0.3 is 9.47 Å². The summed E-state index contributed by atoms with van der Waals surface area (Å²) < 4.78 is 12.6. The molecule has 0 heterocycles. The van der Waals surface area contributed by atoms with Crippen LogP contribution in [-0.2, 0) is 0 Å². The van der Waals surface area contributed by atoms with Crippen LogP contribution in [0.15, 0.2) is 36.4 Å². The molecule has 138 valence electrons. The molecule has 0 aliphatic rings. The smallest absolute Gasteiger partial charge is 0.137 e. The van der Waals surface area contributed by atoms with Crippen molar-refractivity contribution in [1.82, 2.24) is 0 Å². The van der Waals surface area contributed by atoms with E-state index in [9.17, 15) is 0 Å². The Hall–Kier alpha value is -1.64. The average molecular weight is 391 g/mol. The highest BCUT2D eigenvalue weighted by Gasteiger charge is 2.22. The molecular formula is C22H24Cl2O2. The molecule has 2 unspecified atom stereocenters. The van der Waals surface area contributed by atoms with Gasteiger partial charge in [-0.2, -0.15) is 0 Å². The summed E-state index contributed by atoms with van der Waals surface area (Å²) in [6.07, 6.45) is 1.94. The fourth-order valence-electron chi connectivity index (χ4n) is 2.97. The zero-order valence-corrected chi connectivity index (χ0v) is 17.1. The van der Waals surface area contributed by atoms with Gasteiger partial charge in [0.2, 0.25) is 0 Å². The highest BCUT2D eigenvalue weighted by Crippen LogP contribution is 2.48. The Labute approximate surface area is 165 Å². The molecule has 0 saturated heterocycles. The number of halogens is 2. The largest absolute Gasteiger partial charge is 0.489 e. The SMILES string of the molecule is CCC(C)Oc1c2cccc(Cl)c2c(OC(C)CC)c2cccc(Cl)c12. The van der Waals surface area contributed by atoms with Crippen LogP contribution in [0.1, 0.15) is 40.5 Å². The van der Waals surface area contributed by atoms with E-state index >= 15 is 0 Å². The molecule has 26 heavy (non-hydrogen) atoms. The monoisotopic (exact) mass is 390 g/mol. The molecule has 3 aromatic carbocycles. The highest BCUT2D eigenvalue weighted by atomic mass is 35.5. The first kappa shape index (κ1) is 19.1. The molecule has 0 aliphatic heterocycles. The van der Waals surface area contributed by atoms with Gasteiger partial charge in [-0.05, 0) is 38.8 Å². The zero-order valence-electron chi connectivity index (χ0n) is 15.6. The number of fused-ring (bicyclic) bond motifs is 2. The van der Waals surface area contributed by atoms with Crippen molar-refractivity contribution in [3.63, 3.8) is 0 Å². The van der Waals surface area contributed by atoms with Crippen LogP contribution in [0.25, 0.3) is 21.5 Å². The lowest BCUT2D eigenvalue weighted by molar-refractivity contribution is 0.219. The van der Waals surface area contributed by atoms with Gasteiger partial charge in [0.1, 0.15) is 11.5 Å². The van der Waals surface area contributed by atoms with E-state index in [4.69, 9.17) is 32.7 Å². The molecule has 2 nitrogen and oxygen atoms in total. The molecule has 3 aromatic rings. The third-order valence-corrected chi connectivity index (χ3v) is 5.39. The molecule has 0 spiro atoms. The van der Waals surface area contributed by atoms with Crippen molar-refractivity contribution in [3.8, 4) is 11.5 Å². The average Bonchev–Trinajstić information content (AvgIpc) is 2.64. The maximum absolute atomic E-state index is 6.60. The molecule has 0 N–H and O–H groups in total. The second kappa shape index (κ2) is 7.94. The van der Waals surface area contributed by atoms with E-state index in [1.165, 1.54) is 0 Å². The van der Waals surface area contributed by atoms with Crippen molar-refractivity contribution in [1.29, 1.82) is 0 Å².